The number of halogens is 1. The molecule has 1 atom stereocenters. The van der Waals surface area contributed by atoms with E-state index >= 15 is 0 Å². The van der Waals surface area contributed by atoms with E-state index in [-0.39, 0.29) is 5.75 Å². The number of rotatable bonds is 2. The van der Waals surface area contributed by atoms with Crippen LogP contribution in [0, 0.1) is 0 Å². The molecule has 5 heteroatoms. The van der Waals surface area contributed by atoms with Crippen molar-refractivity contribution >= 4 is 15.9 Å². The molecular weight excluding hydrogens is 298 g/mol. The summed E-state index contributed by atoms with van der Waals surface area (Å²) in [4.78, 5) is 0. The van der Waals surface area contributed by atoms with Gasteiger partial charge in [0.25, 0.3) is 0 Å². The average Bonchev–Trinajstić information content (AvgIpc) is 2.89. The molecule has 18 heavy (non-hydrogen) atoms. The number of hydrogen-bond donors (Lipinski definition) is 2. The number of aromatic hydroxyl groups is 1. The fourth-order valence-electron chi connectivity index (χ4n) is 2.54. The monoisotopic (exact) mass is 313 g/mol. The van der Waals surface area contributed by atoms with Gasteiger partial charge in [-0.3, -0.25) is 0 Å². The van der Waals surface area contributed by atoms with E-state index in [0.29, 0.717) is 29.5 Å². The van der Waals surface area contributed by atoms with E-state index in [1.807, 2.05) is 6.07 Å². The van der Waals surface area contributed by atoms with Gasteiger partial charge in [0, 0.05) is 11.6 Å². The van der Waals surface area contributed by atoms with Gasteiger partial charge in [0.1, 0.15) is 23.4 Å². The van der Waals surface area contributed by atoms with Gasteiger partial charge in [-0.2, -0.15) is 0 Å². The Bertz CT molecular complexity index is 458. The third-order valence-electron chi connectivity index (χ3n) is 3.46. The Kier molecular flexibility index (Phi) is 3.35. The number of ether oxygens (including phenoxy) is 2. The zero-order valence-electron chi connectivity index (χ0n) is 10.0. The van der Waals surface area contributed by atoms with Gasteiger partial charge >= 0.3 is 0 Å². The number of phenols is 1. The van der Waals surface area contributed by atoms with E-state index in [1.165, 1.54) is 6.42 Å². The lowest BCUT2D eigenvalue weighted by molar-refractivity contribution is 0.169. The first-order valence-corrected chi connectivity index (χ1v) is 7.08. The fourth-order valence-corrected chi connectivity index (χ4v) is 3.10. The molecule has 0 aliphatic carbocycles. The molecule has 2 aliphatic rings. The molecule has 0 aromatic heterocycles. The predicted octanol–water partition coefficient (Wildman–Crippen LogP) is 2.22. The highest BCUT2D eigenvalue weighted by atomic mass is 79.9. The minimum atomic E-state index is 0.271. The third kappa shape index (κ3) is 2.17. The standard InChI is InChI=1S/C13H16BrNO3/c14-11-12(16)8(6-9-2-1-3-15-9)7-10-13(11)18-5-4-17-10/h7,9,15-16H,1-6H2. The summed E-state index contributed by atoms with van der Waals surface area (Å²) in [5.74, 6) is 1.61. The number of nitrogens with one attached hydrogen (secondary N) is 1. The van der Waals surface area contributed by atoms with Crippen molar-refractivity contribution in [2.75, 3.05) is 19.8 Å². The Morgan fingerprint density at radius 3 is 3.00 bits per heavy atom. The van der Waals surface area contributed by atoms with Crippen LogP contribution in [-0.4, -0.2) is 30.9 Å². The zero-order chi connectivity index (χ0) is 12.5. The summed E-state index contributed by atoms with van der Waals surface area (Å²) in [6.45, 7) is 2.15. The highest BCUT2D eigenvalue weighted by Crippen LogP contribution is 2.45. The number of hydrogen-bond acceptors (Lipinski definition) is 4. The first-order chi connectivity index (χ1) is 8.75. The van der Waals surface area contributed by atoms with Crippen molar-refractivity contribution in [3.05, 3.63) is 16.1 Å². The van der Waals surface area contributed by atoms with Crippen molar-refractivity contribution in [2.45, 2.75) is 25.3 Å². The van der Waals surface area contributed by atoms with Gasteiger partial charge in [0.2, 0.25) is 0 Å². The molecule has 0 saturated carbocycles. The Morgan fingerprint density at radius 2 is 2.22 bits per heavy atom. The smallest absolute Gasteiger partial charge is 0.179 e. The first kappa shape index (κ1) is 12.1. The van der Waals surface area contributed by atoms with Gasteiger partial charge in [-0.15, -0.1) is 0 Å². The minimum absolute atomic E-state index is 0.271. The summed E-state index contributed by atoms with van der Waals surface area (Å²) in [6, 6.07) is 2.35. The van der Waals surface area contributed by atoms with Crippen LogP contribution in [-0.2, 0) is 6.42 Å². The van der Waals surface area contributed by atoms with Gasteiger partial charge in [-0.05, 0) is 47.8 Å². The van der Waals surface area contributed by atoms with Crippen LogP contribution < -0.4 is 14.8 Å². The largest absolute Gasteiger partial charge is 0.506 e. The molecule has 0 bridgehead atoms. The topological polar surface area (TPSA) is 50.7 Å². The fraction of sp³-hybridized carbons (Fsp3) is 0.538. The highest BCUT2D eigenvalue weighted by Gasteiger charge is 2.23. The van der Waals surface area contributed by atoms with Crippen LogP contribution >= 0.6 is 15.9 Å². The summed E-state index contributed by atoms with van der Waals surface area (Å²) in [6.07, 6.45) is 3.18. The molecular formula is C13H16BrNO3. The van der Waals surface area contributed by atoms with E-state index < -0.39 is 0 Å². The summed E-state index contributed by atoms with van der Waals surface area (Å²) in [5, 5.41) is 13.6. The predicted molar refractivity (Wildman–Crippen MR) is 71.5 cm³/mol. The molecule has 1 fully saturated rings. The van der Waals surface area contributed by atoms with E-state index in [9.17, 15) is 5.11 Å². The van der Waals surface area contributed by atoms with Crippen molar-refractivity contribution in [1.29, 1.82) is 0 Å². The summed E-state index contributed by atoms with van der Waals surface area (Å²) in [7, 11) is 0. The number of phenolic OH excluding ortho intramolecular Hbond substituents is 1. The van der Waals surface area contributed by atoms with Crippen LogP contribution in [0.25, 0.3) is 0 Å². The SMILES string of the molecule is Oc1c(CC2CCCN2)cc2c(c1Br)OCCO2. The highest BCUT2D eigenvalue weighted by molar-refractivity contribution is 9.10. The molecule has 1 saturated heterocycles. The van der Waals surface area contributed by atoms with Crippen LogP contribution in [0.4, 0.5) is 0 Å². The Morgan fingerprint density at radius 1 is 1.39 bits per heavy atom. The van der Waals surface area contributed by atoms with Crippen molar-refractivity contribution < 1.29 is 14.6 Å². The molecule has 1 aromatic carbocycles. The molecule has 3 rings (SSSR count). The molecule has 2 heterocycles. The molecule has 2 N–H and O–H groups in total. The second-order valence-electron chi connectivity index (χ2n) is 4.72. The van der Waals surface area contributed by atoms with Gasteiger partial charge in [0.15, 0.2) is 11.5 Å². The number of benzene rings is 1. The lowest BCUT2D eigenvalue weighted by Crippen LogP contribution is -2.24. The molecule has 2 aliphatic heterocycles. The molecule has 0 amide bonds. The maximum Gasteiger partial charge on any atom is 0.179 e. The van der Waals surface area contributed by atoms with Gasteiger partial charge in [-0.1, -0.05) is 0 Å². The van der Waals surface area contributed by atoms with Crippen LogP contribution in [0.5, 0.6) is 17.2 Å². The van der Waals surface area contributed by atoms with Crippen LogP contribution in [0.15, 0.2) is 10.5 Å². The van der Waals surface area contributed by atoms with Crippen LogP contribution in [0.3, 0.4) is 0 Å². The van der Waals surface area contributed by atoms with Crippen molar-refractivity contribution in [1.82, 2.24) is 5.32 Å². The van der Waals surface area contributed by atoms with Gasteiger partial charge in [-0.25, -0.2) is 0 Å². The Hall–Kier alpha value is -0.940. The maximum absolute atomic E-state index is 10.2. The molecule has 0 spiro atoms. The minimum Gasteiger partial charge on any atom is -0.506 e. The second-order valence-corrected chi connectivity index (χ2v) is 5.51. The normalized spacial score (nSPS) is 22.2. The lowest BCUT2D eigenvalue weighted by Gasteiger charge is -2.22. The quantitative estimate of drug-likeness (QED) is 0.879. The molecule has 1 unspecified atom stereocenters. The van der Waals surface area contributed by atoms with Crippen molar-refractivity contribution in [3.63, 3.8) is 0 Å². The Labute approximate surface area is 114 Å². The molecule has 4 nitrogen and oxygen atoms in total. The first-order valence-electron chi connectivity index (χ1n) is 6.29. The number of fused-ring (bicyclic) bond motifs is 1. The molecule has 98 valence electrons. The summed E-state index contributed by atoms with van der Waals surface area (Å²) >= 11 is 3.39. The molecule has 0 radical (unpaired) electrons. The van der Waals surface area contributed by atoms with Crippen molar-refractivity contribution in [3.8, 4) is 17.2 Å². The summed E-state index contributed by atoms with van der Waals surface area (Å²) < 4.78 is 11.7. The van der Waals surface area contributed by atoms with Crippen LogP contribution in [0.1, 0.15) is 18.4 Å². The van der Waals surface area contributed by atoms with E-state index in [0.717, 1.165) is 30.7 Å². The second kappa shape index (κ2) is 4.97. The van der Waals surface area contributed by atoms with E-state index in [2.05, 4.69) is 21.2 Å². The van der Waals surface area contributed by atoms with E-state index in [1.54, 1.807) is 0 Å². The average molecular weight is 314 g/mol. The zero-order valence-corrected chi connectivity index (χ0v) is 11.6. The van der Waals surface area contributed by atoms with Gasteiger partial charge < -0.3 is 19.9 Å². The molecule has 1 aromatic rings. The third-order valence-corrected chi connectivity index (χ3v) is 4.19. The van der Waals surface area contributed by atoms with E-state index in [4.69, 9.17) is 9.47 Å². The maximum atomic E-state index is 10.2. The lowest BCUT2D eigenvalue weighted by atomic mass is 10.0. The van der Waals surface area contributed by atoms with Gasteiger partial charge in [0.05, 0.1) is 0 Å². The van der Waals surface area contributed by atoms with Crippen LogP contribution in [0.2, 0.25) is 0 Å². The van der Waals surface area contributed by atoms with Crippen molar-refractivity contribution in [2.24, 2.45) is 0 Å². The summed E-state index contributed by atoms with van der Waals surface area (Å²) in [5.41, 5.74) is 0.908. The Balaban J connectivity index is 1.91.